The van der Waals surface area contributed by atoms with Gasteiger partial charge < -0.3 is 10.3 Å². The van der Waals surface area contributed by atoms with Crippen LogP contribution in [0.5, 0.6) is 0 Å². The molecule has 0 spiro atoms. The lowest BCUT2D eigenvalue weighted by molar-refractivity contribution is -0.113. The van der Waals surface area contributed by atoms with Gasteiger partial charge in [0.1, 0.15) is 11.6 Å². The van der Waals surface area contributed by atoms with E-state index in [1.165, 1.54) is 19.1 Å². The minimum absolute atomic E-state index is 0.0572. The van der Waals surface area contributed by atoms with Crippen LogP contribution in [0.3, 0.4) is 0 Å². The van der Waals surface area contributed by atoms with Crippen LogP contribution in [0.2, 0.25) is 0 Å². The third-order valence-electron chi connectivity index (χ3n) is 4.53. The van der Waals surface area contributed by atoms with Crippen molar-refractivity contribution < 1.29 is 14.0 Å². The molecule has 0 atom stereocenters. The van der Waals surface area contributed by atoms with Gasteiger partial charge >= 0.3 is 0 Å². The zero-order valence-corrected chi connectivity index (χ0v) is 16.9. The van der Waals surface area contributed by atoms with Gasteiger partial charge in [0.25, 0.3) is 0 Å². The zero-order valence-electron chi connectivity index (χ0n) is 16.1. The van der Waals surface area contributed by atoms with Gasteiger partial charge in [0.2, 0.25) is 5.91 Å². The van der Waals surface area contributed by atoms with Crippen LogP contribution in [-0.2, 0) is 4.79 Å². The predicted molar refractivity (Wildman–Crippen MR) is 117 cm³/mol. The maximum Gasteiger partial charge on any atom is 0.234 e. The smallest absolute Gasteiger partial charge is 0.234 e. The highest BCUT2D eigenvalue weighted by Crippen LogP contribution is 2.24. The second-order valence-corrected chi connectivity index (χ2v) is 7.74. The van der Waals surface area contributed by atoms with Crippen molar-refractivity contribution in [2.75, 3.05) is 11.1 Å². The van der Waals surface area contributed by atoms with Crippen LogP contribution in [0.15, 0.2) is 71.6 Å². The summed E-state index contributed by atoms with van der Waals surface area (Å²) in [5.74, 6) is -0.132. The van der Waals surface area contributed by atoms with E-state index in [1.807, 2.05) is 36.4 Å². The summed E-state index contributed by atoms with van der Waals surface area (Å²) in [6.45, 7) is 1.38. The summed E-state index contributed by atoms with van der Waals surface area (Å²) in [6, 6.07) is 19.4. The molecule has 30 heavy (non-hydrogen) atoms. The van der Waals surface area contributed by atoms with Crippen LogP contribution in [-0.4, -0.2) is 27.4 Å². The van der Waals surface area contributed by atoms with E-state index in [9.17, 15) is 14.0 Å². The van der Waals surface area contributed by atoms with E-state index in [2.05, 4.69) is 15.3 Å². The SMILES string of the molecule is CC(=O)c1ccc(SCC(=O)Nc2ccc(-c3nc4ccccc4[nH]3)cc2)c(F)c1. The monoisotopic (exact) mass is 419 g/mol. The number of carbonyl (C=O) groups is 2. The number of rotatable bonds is 6. The number of amides is 1. The van der Waals surface area contributed by atoms with Crippen LogP contribution >= 0.6 is 11.8 Å². The third-order valence-corrected chi connectivity index (χ3v) is 5.58. The van der Waals surface area contributed by atoms with Crippen molar-refractivity contribution in [3.63, 3.8) is 0 Å². The summed E-state index contributed by atoms with van der Waals surface area (Å²) in [7, 11) is 0. The first-order chi connectivity index (χ1) is 14.5. The van der Waals surface area contributed by atoms with E-state index in [1.54, 1.807) is 18.2 Å². The second-order valence-electron chi connectivity index (χ2n) is 6.72. The Bertz CT molecular complexity index is 1200. The van der Waals surface area contributed by atoms with Crippen LogP contribution in [0, 0.1) is 5.82 Å². The average molecular weight is 419 g/mol. The molecule has 0 aliphatic rings. The molecule has 1 amide bonds. The molecule has 2 N–H and O–H groups in total. The number of fused-ring (bicyclic) bond motifs is 1. The Kier molecular flexibility index (Phi) is 5.63. The van der Waals surface area contributed by atoms with Crippen LogP contribution < -0.4 is 5.32 Å². The fourth-order valence-electron chi connectivity index (χ4n) is 2.98. The standard InChI is InChI=1S/C23H18FN3O2S/c1-14(28)16-8-11-21(18(24)12-16)30-13-22(29)25-17-9-6-15(7-10-17)23-26-19-4-2-3-5-20(19)27-23/h2-12H,13H2,1H3,(H,25,29)(H,26,27). The number of para-hydroxylation sites is 2. The number of anilines is 1. The number of hydrogen-bond donors (Lipinski definition) is 2. The molecule has 5 nitrogen and oxygen atoms in total. The maximum atomic E-state index is 14.1. The summed E-state index contributed by atoms with van der Waals surface area (Å²) in [5.41, 5.74) is 3.72. The highest BCUT2D eigenvalue weighted by molar-refractivity contribution is 8.00. The number of ketones is 1. The number of nitrogens with zero attached hydrogens (tertiary/aromatic N) is 1. The Morgan fingerprint density at radius 3 is 2.53 bits per heavy atom. The number of H-pyrrole nitrogens is 1. The zero-order chi connectivity index (χ0) is 21.1. The first-order valence-corrected chi connectivity index (χ1v) is 10.3. The lowest BCUT2D eigenvalue weighted by Gasteiger charge is -2.07. The van der Waals surface area contributed by atoms with Gasteiger partial charge in [0.15, 0.2) is 5.78 Å². The Morgan fingerprint density at radius 1 is 1.07 bits per heavy atom. The van der Waals surface area contributed by atoms with Crippen molar-refractivity contribution in [1.82, 2.24) is 9.97 Å². The van der Waals surface area contributed by atoms with E-state index < -0.39 is 5.82 Å². The Morgan fingerprint density at radius 2 is 1.83 bits per heavy atom. The van der Waals surface area contributed by atoms with Gasteiger partial charge in [-0.2, -0.15) is 0 Å². The van der Waals surface area contributed by atoms with Crippen molar-refractivity contribution in [3.05, 3.63) is 78.1 Å². The predicted octanol–water partition coefficient (Wildman–Crippen LogP) is 5.30. The molecule has 1 heterocycles. The molecule has 0 bridgehead atoms. The molecule has 0 unspecified atom stereocenters. The molecule has 4 rings (SSSR count). The van der Waals surface area contributed by atoms with Gasteiger partial charge in [0, 0.05) is 21.7 Å². The summed E-state index contributed by atoms with van der Waals surface area (Å²) in [5, 5.41) is 2.80. The van der Waals surface area contributed by atoms with E-state index >= 15 is 0 Å². The lowest BCUT2D eigenvalue weighted by Crippen LogP contribution is -2.14. The molecule has 0 fully saturated rings. The fourth-order valence-corrected chi connectivity index (χ4v) is 3.70. The van der Waals surface area contributed by atoms with E-state index in [-0.39, 0.29) is 17.4 Å². The fraction of sp³-hybridized carbons (Fsp3) is 0.0870. The lowest BCUT2D eigenvalue weighted by atomic mass is 10.1. The summed E-state index contributed by atoms with van der Waals surface area (Å²) < 4.78 is 14.1. The molecular formula is C23H18FN3O2S. The number of aromatic amines is 1. The van der Waals surface area contributed by atoms with Gasteiger partial charge in [-0.3, -0.25) is 9.59 Å². The van der Waals surface area contributed by atoms with Crippen molar-refractivity contribution >= 4 is 40.2 Å². The highest BCUT2D eigenvalue weighted by Gasteiger charge is 2.10. The molecule has 150 valence electrons. The average Bonchev–Trinajstić information content (AvgIpc) is 3.17. The number of aromatic nitrogens is 2. The van der Waals surface area contributed by atoms with Crippen molar-refractivity contribution in [3.8, 4) is 11.4 Å². The van der Waals surface area contributed by atoms with Crippen LogP contribution in [0.4, 0.5) is 10.1 Å². The third kappa shape index (κ3) is 4.41. The molecule has 7 heteroatoms. The Balaban J connectivity index is 1.37. The van der Waals surface area contributed by atoms with Crippen molar-refractivity contribution in [2.45, 2.75) is 11.8 Å². The summed E-state index contributed by atoms with van der Waals surface area (Å²) in [6.07, 6.45) is 0. The number of carbonyl (C=O) groups excluding carboxylic acids is 2. The number of thioether (sulfide) groups is 1. The molecule has 4 aromatic rings. The first-order valence-electron chi connectivity index (χ1n) is 9.28. The molecule has 0 saturated heterocycles. The number of Topliss-reactive ketones (excluding diaryl/α,β-unsaturated/α-hetero) is 1. The molecule has 3 aromatic carbocycles. The second kappa shape index (κ2) is 8.51. The van der Waals surface area contributed by atoms with Gasteiger partial charge in [-0.05, 0) is 55.5 Å². The number of halogens is 1. The summed E-state index contributed by atoms with van der Waals surface area (Å²) in [4.78, 5) is 31.7. The maximum absolute atomic E-state index is 14.1. The molecule has 0 radical (unpaired) electrons. The Labute approximate surface area is 176 Å². The van der Waals surface area contributed by atoms with Crippen molar-refractivity contribution in [2.24, 2.45) is 0 Å². The van der Waals surface area contributed by atoms with E-state index in [0.717, 1.165) is 34.2 Å². The van der Waals surface area contributed by atoms with Gasteiger partial charge in [-0.1, -0.05) is 18.2 Å². The molecule has 1 aromatic heterocycles. The van der Waals surface area contributed by atoms with E-state index in [0.29, 0.717) is 16.1 Å². The number of benzene rings is 3. The number of imidazole rings is 1. The Hall–Kier alpha value is -3.45. The minimum atomic E-state index is -0.504. The van der Waals surface area contributed by atoms with Gasteiger partial charge in [-0.15, -0.1) is 11.8 Å². The highest BCUT2D eigenvalue weighted by atomic mass is 32.2. The normalized spacial score (nSPS) is 10.9. The van der Waals surface area contributed by atoms with Gasteiger partial charge in [-0.25, -0.2) is 9.37 Å². The van der Waals surface area contributed by atoms with Crippen LogP contribution in [0.1, 0.15) is 17.3 Å². The summed E-state index contributed by atoms with van der Waals surface area (Å²) >= 11 is 1.08. The first kappa shape index (κ1) is 19.8. The van der Waals surface area contributed by atoms with Gasteiger partial charge in [0.05, 0.1) is 16.8 Å². The van der Waals surface area contributed by atoms with Crippen molar-refractivity contribution in [1.29, 1.82) is 0 Å². The molecule has 0 aliphatic heterocycles. The molecule has 0 aliphatic carbocycles. The minimum Gasteiger partial charge on any atom is -0.338 e. The van der Waals surface area contributed by atoms with E-state index in [4.69, 9.17) is 0 Å². The topological polar surface area (TPSA) is 74.8 Å². The van der Waals surface area contributed by atoms with Crippen LogP contribution in [0.25, 0.3) is 22.4 Å². The number of hydrogen-bond acceptors (Lipinski definition) is 4. The number of nitrogens with one attached hydrogen (secondary N) is 2. The molecule has 0 saturated carbocycles. The quantitative estimate of drug-likeness (QED) is 0.328. The molecular weight excluding hydrogens is 401 g/mol. The largest absolute Gasteiger partial charge is 0.338 e.